The van der Waals surface area contributed by atoms with Gasteiger partial charge in [-0.1, -0.05) is 6.07 Å². The summed E-state index contributed by atoms with van der Waals surface area (Å²) in [6.07, 6.45) is -1.96. The number of piperazine rings is 1. The summed E-state index contributed by atoms with van der Waals surface area (Å²) in [4.78, 5) is 36.7. The number of aryl methyl sites for hydroxylation is 1. The Labute approximate surface area is 256 Å². The van der Waals surface area contributed by atoms with Crippen LogP contribution in [0.25, 0.3) is 11.0 Å². The Kier molecular flexibility index (Phi) is 8.38. The maximum absolute atomic E-state index is 15.1. The van der Waals surface area contributed by atoms with E-state index < -0.39 is 23.5 Å². The number of alkyl halides is 3. The predicted octanol–water partition coefficient (Wildman–Crippen LogP) is 4.47. The SMILES string of the molecule is Cc1ccc(C(=O)Nc2cc(N3CCN(C)CC3)c(F)c(C(F)(F)F)c2)cc1Nc1ncnc2cnc(N3CCOCC3)nc12. The fraction of sp³-hybridized carbons (Fsp3) is 0.367. The number of likely N-dealkylation sites (N-methyl/N-ethyl adjacent to an activating group) is 1. The second kappa shape index (κ2) is 12.4. The second-order valence-corrected chi connectivity index (χ2v) is 11.0. The lowest BCUT2D eigenvalue weighted by atomic mass is 10.1. The molecular formula is C30H31F4N9O2. The maximum Gasteiger partial charge on any atom is 0.419 e. The van der Waals surface area contributed by atoms with Crippen molar-refractivity contribution in [2.24, 2.45) is 0 Å². The van der Waals surface area contributed by atoms with E-state index in [1.54, 1.807) is 29.3 Å². The summed E-state index contributed by atoms with van der Waals surface area (Å²) in [6, 6.07) is 6.70. The van der Waals surface area contributed by atoms with Crippen molar-refractivity contribution >= 4 is 45.8 Å². The summed E-state index contributed by atoms with van der Waals surface area (Å²) in [5.74, 6) is -1.11. The Hall–Kier alpha value is -4.63. The van der Waals surface area contributed by atoms with Crippen molar-refractivity contribution < 1.29 is 27.1 Å². The number of nitrogens with zero attached hydrogens (tertiary/aromatic N) is 7. The van der Waals surface area contributed by atoms with Crippen molar-refractivity contribution in [2.45, 2.75) is 13.1 Å². The standard InChI is InChI=1S/C30H31F4N9O2/c1-18-3-4-19(13-22(18)39-27-26-23(36-17-37-27)16-35-29(40-26)43-9-11-45-12-10-43)28(44)38-20-14-21(30(32,33)34)25(31)24(15-20)42-7-5-41(2)6-8-42/h3-4,13-17H,5-12H2,1-2H3,(H,38,44)(H,36,37,39). The van der Waals surface area contributed by atoms with E-state index in [0.717, 1.165) is 5.56 Å². The number of halogens is 4. The van der Waals surface area contributed by atoms with Gasteiger partial charge < -0.3 is 30.1 Å². The third-order valence-electron chi connectivity index (χ3n) is 7.87. The van der Waals surface area contributed by atoms with E-state index >= 15 is 4.39 Å². The third kappa shape index (κ3) is 6.59. The first kappa shape index (κ1) is 30.4. The minimum Gasteiger partial charge on any atom is -0.378 e. The summed E-state index contributed by atoms with van der Waals surface area (Å²) in [5, 5.41) is 5.76. The lowest BCUT2D eigenvalue weighted by Crippen LogP contribution is -2.45. The van der Waals surface area contributed by atoms with E-state index in [9.17, 15) is 18.0 Å². The van der Waals surface area contributed by atoms with Gasteiger partial charge in [0.15, 0.2) is 11.6 Å². The van der Waals surface area contributed by atoms with Crippen LogP contribution in [0, 0.1) is 12.7 Å². The summed E-state index contributed by atoms with van der Waals surface area (Å²) in [6.45, 7) is 6.10. The summed E-state index contributed by atoms with van der Waals surface area (Å²) >= 11 is 0. The first-order chi connectivity index (χ1) is 21.6. The molecule has 2 saturated heterocycles. The van der Waals surface area contributed by atoms with Crippen molar-refractivity contribution in [1.82, 2.24) is 24.8 Å². The number of rotatable bonds is 6. The number of amides is 1. The monoisotopic (exact) mass is 625 g/mol. The zero-order chi connectivity index (χ0) is 31.7. The van der Waals surface area contributed by atoms with Gasteiger partial charge in [0, 0.05) is 56.2 Å². The Morgan fingerprint density at radius 3 is 2.44 bits per heavy atom. The molecule has 0 atom stereocenters. The molecule has 0 saturated carbocycles. The molecule has 0 radical (unpaired) electrons. The Bertz CT molecular complexity index is 1720. The van der Waals surface area contributed by atoms with Gasteiger partial charge in [-0.15, -0.1) is 0 Å². The number of nitrogens with one attached hydrogen (secondary N) is 2. The summed E-state index contributed by atoms with van der Waals surface area (Å²) < 4.78 is 62.0. The van der Waals surface area contributed by atoms with Gasteiger partial charge in [-0.2, -0.15) is 13.2 Å². The molecule has 2 aliphatic rings. The van der Waals surface area contributed by atoms with E-state index in [-0.39, 0.29) is 16.9 Å². The number of hydrogen-bond acceptors (Lipinski definition) is 10. The van der Waals surface area contributed by atoms with Crippen LogP contribution in [0.3, 0.4) is 0 Å². The number of ether oxygens (including phenoxy) is 1. The largest absolute Gasteiger partial charge is 0.419 e. The van der Waals surface area contributed by atoms with E-state index in [1.807, 2.05) is 23.8 Å². The van der Waals surface area contributed by atoms with E-state index in [4.69, 9.17) is 4.74 Å². The van der Waals surface area contributed by atoms with Crippen molar-refractivity contribution in [2.75, 3.05) is 80.0 Å². The number of anilines is 5. The second-order valence-electron chi connectivity index (χ2n) is 11.0. The number of aromatic nitrogens is 4. The zero-order valence-electron chi connectivity index (χ0n) is 24.7. The van der Waals surface area contributed by atoms with Crippen LogP contribution in [0.15, 0.2) is 42.9 Å². The minimum absolute atomic E-state index is 0.160. The van der Waals surface area contributed by atoms with E-state index in [1.165, 1.54) is 12.4 Å². The molecular weight excluding hydrogens is 594 g/mol. The fourth-order valence-electron chi connectivity index (χ4n) is 5.25. The molecule has 0 aliphatic carbocycles. The molecule has 15 heteroatoms. The molecule has 1 amide bonds. The van der Waals surface area contributed by atoms with Crippen LogP contribution in [0.5, 0.6) is 0 Å². The molecule has 45 heavy (non-hydrogen) atoms. The maximum atomic E-state index is 15.1. The molecule has 0 bridgehead atoms. The predicted molar refractivity (Wildman–Crippen MR) is 162 cm³/mol. The van der Waals surface area contributed by atoms with Crippen LogP contribution in [-0.2, 0) is 10.9 Å². The zero-order valence-corrected chi connectivity index (χ0v) is 24.7. The Morgan fingerprint density at radius 1 is 0.956 bits per heavy atom. The highest BCUT2D eigenvalue weighted by Crippen LogP contribution is 2.38. The fourth-order valence-corrected chi connectivity index (χ4v) is 5.25. The van der Waals surface area contributed by atoms with Gasteiger partial charge in [0.2, 0.25) is 5.95 Å². The van der Waals surface area contributed by atoms with Gasteiger partial charge in [-0.25, -0.2) is 24.3 Å². The third-order valence-corrected chi connectivity index (χ3v) is 7.87. The number of benzene rings is 2. The van der Waals surface area contributed by atoms with E-state index in [2.05, 4.69) is 30.6 Å². The highest BCUT2D eigenvalue weighted by molar-refractivity contribution is 6.05. The molecule has 236 valence electrons. The van der Waals surface area contributed by atoms with Crippen LogP contribution in [0.4, 0.5) is 46.4 Å². The number of carbonyl (C=O) groups excluding carboxylic acids is 1. The van der Waals surface area contributed by atoms with Crippen LogP contribution in [0.1, 0.15) is 21.5 Å². The quantitative estimate of drug-likeness (QED) is 0.298. The first-order valence-corrected chi connectivity index (χ1v) is 14.4. The molecule has 4 aromatic rings. The number of fused-ring (bicyclic) bond motifs is 1. The molecule has 6 rings (SSSR count). The molecule has 11 nitrogen and oxygen atoms in total. The van der Waals surface area contributed by atoms with Gasteiger partial charge in [-0.3, -0.25) is 4.79 Å². The lowest BCUT2D eigenvalue weighted by Gasteiger charge is -2.34. The first-order valence-electron chi connectivity index (χ1n) is 14.4. The van der Waals surface area contributed by atoms with E-state index in [0.29, 0.717) is 87.0 Å². The molecule has 0 spiro atoms. The van der Waals surface area contributed by atoms with Gasteiger partial charge in [0.1, 0.15) is 17.4 Å². The van der Waals surface area contributed by atoms with Crippen LogP contribution >= 0.6 is 0 Å². The molecule has 2 aromatic carbocycles. The molecule has 2 aliphatic heterocycles. The van der Waals surface area contributed by atoms with Crippen molar-refractivity contribution in [3.63, 3.8) is 0 Å². The van der Waals surface area contributed by atoms with Crippen molar-refractivity contribution in [3.8, 4) is 0 Å². The number of morpholine rings is 1. The smallest absolute Gasteiger partial charge is 0.378 e. The Morgan fingerprint density at radius 2 is 1.71 bits per heavy atom. The highest BCUT2D eigenvalue weighted by Gasteiger charge is 2.37. The molecule has 2 fully saturated rings. The van der Waals surface area contributed by atoms with Gasteiger partial charge in [0.05, 0.1) is 30.7 Å². The average molecular weight is 626 g/mol. The number of hydrogen-bond donors (Lipinski definition) is 2. The minimum atomic E-state index is -4.95. The summed E-state index contributed by atoms with van der Waals surface area (Å²) in [7, 11) is 1.89. The number of carbonyl (C=O) groups is 1. The van der Waals surface area contributed by atoms with Gasteiger partial charge >= 0.3 is 6.18 Å². The molecule has 4 heterocycles. The van der Waals surface area contributed by atoms with Crippen LogP contribution in [-0.4, -0.2) is 90.3 Å². The van der Waals surface area contributed by atoms with Gasteiger partial charge in [-0.05, 0) is 43.8 Å². The average Bonchev–Trinajstić information content (AvgIpc) is 3.03. The molecule has 2 N–H and O–H groups in total. The van der Waals surface area contributed by atoms with Crippen LogP contribution < -0.4 is 20.4 Å². The lowest BCUT2D eigenvalue weighted by molar-refractivity contribution is -0.139. The molecule has 0 unspecified atom stereocenters. The Balaban J connectivity index is 1.27. The highest BCUT2D eigenvalue weighted by atomic mass is 19.4. The van der Waals surface area contributed by atoms with Crippen LogP contribution in [0.2, 0.25) is 0 Å². The summed E-state index contributed by atoms with van der Waals surface area (Å²) in [5.41, 5.74) is 0.676. The topological polar surface area (TPSA) is 112 Å². The van der Waals surface area contributed by atoms with Crippen molar-refractivity contribution in [3.05, 3.63) is 65.4 Å². The molecule has 2 aromatic heterocycles. The van der Waals surface area contributed by atoms with Crippen molar-refractivity contribution in [1.29, 1.82) is 0 Å². The normalized spacial score (nSPS) is 16.2. The van der Waals surface area contributed by atoms with Gasteiger partial charge in [0.25, 0.3) is 5.91 Å².